The Labute approximate surface area is 129 Å². The summed E-state index contributed by atoms with van der Waals surface area (Å²) in [7, 11) is 3.73. The minimum atomic E-state index is -0.936. The van der Waals surface area contributed by atoms with Gasteiger partial charge in [0, 0.05) is 26.5 Å². The lowest BCUT2D eigenvalue weighted by Gasteiger charge is -2.59. The lowest BCUT2D eigenvalue weighted by Crippen LogP contribution is -2.65. The summed E-state index contributed by atoms with van der Waals surface area (Å²) >= 11 is 0. The van der Waals surface area contributed by atoms with E-state index >= 15 is 0 Å². The summed E-state index contributed by atoms with van der Waals surface area (Å²) in [6.07, 6.45) is 12.1. The Kier molecular flexibility index (Phi) is 3.96. The van der Waals surface area contributed by atoms with Gasteiger partial charge in [-0.2, -0.15) is 0 Å². The molecule has 0 aromatic carbocycles. The van der Waals surface area contributed by atoms with Crippen LogP contribution in [0, 0.1) is 11.8 Å². The van der Waals surface area contributed by atoms with Crippen molar-refractivity contribution in [1.29, 1.82) is 0 Å². The molecule has 0 aromatic heterocycles. The molecule has 2 aliphatic heterocycles. The van der Waals surface area contributed by atoms with Crippen LogP contribution in [0.25, 0.3) is 0 Å². The third-order valence-corrected chi connectivity index (χ3v) is 3.98. The molecule has 3 rings (SSSR count). The molecule has 0 aromatic rings. The van der Waals surface area contributed by atoms with E-state index in [-0.39, 0.29) is 0 Å². The van der Waals surface area contributed by atoms with Crippen molar-refractivity contribution < 1.29 is 10.2 Å². The third kappa shape index (κ3) is 2.88. The van der Waals surface area contributed by atoms with E-state index in [0.29, 0.717) is 11.4 Å². The molecule has 3 aliphatic rings. The summed E-state index contributed by atoms with van der Waals surface area (Å²) in [6.45, 7) is 0. The quantitative estimate of drug-likeness (QED) is 0.684. The van der Waals surface area contributed by atoms with Gasteiger partial charge >= 0.3 is 0 Å². The smallest absolute Gasteiger partial charge is 0.0949 e. The van der Waals surface area contributed by atoms with Crippen molar-refractivity contribution in [3.63, 3.8) is 0 Å². The lowest BCUT2D eigenvalue weighted by atomic mass is 9.68. The molecule has 0 atom stereocenters. The highest BCUT2D eigenvalue weighted by Crippen LogP contribution is 2.35. The number of rotatable bonds is 2. The molecular weight excluding hydrogens is 280 g/mol. The number of hydrogen-bond acceptors (Lipinski definition) is 6. The monoisotopic (exact) mass is 298 g/mol. The Morgan fingerprint density at radius 2 is 1.27 bits per heavy atom. The van der Waals surface area contributed by atoms with E-state index in [1.807, 2.05) is 26.5 Å². The molecule has 0 saturated heterocycles. The van der Waals surface area contributed by atoms with Crippen molar-refractivity contribution in [2.75, 3.05) is 14.1 Å². The molecule has 2 heterocycles. The van der Waals surface area contributed by atoms with E-state index in [2.05, 4.69) is 9.98 Å². The van der Waals surface area contributed by atoms with Gasteiger partial charge in [0.15, 0.2) is 0 Å². The predicted molar refractivity (Wildman–Crippen MR) is 81.5 cm³/mol. The van der Waals surface area contributed by atoms with E-state index < -0.39 is 24.0 Å². The summed E-state index contributed by atoms with van der Waals surface area (Å²) in [5.41, 5.74) is 1.35. The average molecular weight is 298 g/mol. The number of allylic oxidation sites excluding steroid dienone is 2. The van der Waals surface area contributed by atoms with Crippen molar-refractivity contribution in [2.24, 2.45) is 21.8 Å². The molecule has 1 aliphatic carbocycles. The summed E-state index contributed by atoms with van der Waals surface area (Å²) in [4.78, 5) is 12.0. The molecule has 116 valence electrons. The number of nitrogens with zero attached hydrogens (tertiary/aromatic N) is 4. The van der Waals surface area contributed by atoms with E-state index in [4.69, 9.17) is 0 Å². The maximum absolute atomic E-state index is 12.3. The lowest BCUT2D eigenvalue weighted by molar-refractivity contribution is -0.550. The van der Waals surface area contributed by atoms with Gasteiger partial charge in [-0.3, -0.25) is 0 Å². The van der Waals surface area contributed by atoms with Crippen LogP contribution in [0.2, 0.25) is 0 Å². The van der Waals surface area contributed by atoms with Gasteiger partial charge in [-0.25, -0.2) is 9.98 Å². The van der Waals surface area contributed by atoms with Crippen LogP contribution < -0.4 is 10.2 Å². The zero-order chi connectivity index (χ0) is 15.7. The molecule has 6 nitrogen and oxygen atoms in total. The van der Waals surface area contributed by atoms with Crippen LogP contribution in [0.3, 0.4) is 0 Å². The van der Waals surface area contributed by atoms with E-state index in [1.165, 1.54) is 0 Å². The SMILES string of the molecule is CN1C=CC(=CC2C([O-])C(C=C3C=CN(C)C=N3)C2[O-])N=C1. The number of aliphatic imine (C=N–C) groups is 2. The first-order valence-electron chi connectivity index (χ1n) is 7.18. The normalized spacial score (nSPS) is 37.3. The second-order valence-electron chi connectivity index (χ2n) is 5.72. The fourth-order valence-corrected chi connectivity index (χ4v) is 2.58. The zero-order valence-corrected chi connectivity index (χ0v) is 12.5. The minimum absolute atomic E-state index is 0.527. The molecule has 1 saturated carbocycles. The molecule has 1 fully saturated rings. The van der Waals surface area contributed by atoms with Crippen LogP contribution in [0.5, 0.6) is 0 Å². The fraction of sp³-hybridized carbons (Fsp3) is 0.375. The summed E-state index contributed by atoms with van der Waals surface area (Å²) in [5.74, 6) is -1.05. The average Bonchev–Trinajstić information content (AvgIpc) is 2.53. The molecule has 0 unspecified atom stereocenters. The first-order valence-corrected chi connectivity index (χ1v) is 7.18. The van der Waals surface area contributed by atoms with Gasteiger partial charge in [0.25, 0.3) is 0 Å². The highest BCUT2D eigenvalue weighted by atomic mass is 16.3. The molecular formula is C16H18N4O2-2. The first kappa shape index (κ1) is 14.7. The Hall–Kier alpha value is -2.18. The van der Waals surface area contributed by atoms with Gasteiger partial charge in [0.1, 0.15) is 0 Å². The summed E-state index contributed by atoms with van der Waals surface area (Å²) in [6, 6.07) is 0. The van der Waals surface area contributed by atoms with Crippen molar-refractivity contribution in [2.45, 2.75) is 12.2 Å². The first-order chi connectivity index (χ1) is 10.5. The second-order valence-corrected chi connectivity index (χ2v) is 5.72. The van der Waals surface area contributed by atoms with E-state index in [1.54, 1.807) is 46.8 Å². The Morgan fingerprint density at radius 3 is 1.59 bits per heavy atom. The Balaban J connectivity index is 1.67. The van der Waals surface area contributed by atoms with Gasteiger partial charge in [0.2, 0.25) is 0 Å². The van der Waals surface area contributed by atoms with Crippen molar-refractivity contribution >= 4 is 12.7 Å². The molecule has 0 N–H and O–H groups in total. The highest BCUT2D eigenvalue weighted by molar-refractivity contribution is 5.61. The van der Waals surface area contributed by atoms with Crippen LogP contribution in [-0.4, -0.2) is 48.8 Å². The van der Waals surface area contributed by atoms with Gasteiger partial charge in [-0.05, 0) is 24.0 Å². The standard InChI is InChI=1S/C16H18N4O2/c1-19-5-3-11(17-9-19)7-13-15(21)14(16(13)22)8-12-4-6-20(2)10-18-12/h3-10,13-16H,1-2H3/q-2. The van der Waals surface area contributed by atoms with Crippen LogP contribution >= 0.6 is 0 Å². The Morgan fingerprint density at radius 1 is 0.864 bits per heavy atom. The number of hydrogen-bond donors (Lipinski definition) is 0. The van der Waals surface area contributed by atoms with Gasteiger partial charge in [0.05, 0.1) is 24.1 Å². The van der Waals surface area contributed by atoms with Gasteiger partial charge in [-0.15, -0.1) is 12.2 Å². The summed E-state index contributed by atoms with van der Waals surface area (Å²) < 4.78 is 0. The van der Waals surface area contributed by atoms with Gasteiger partial charge in [-0.1, -0.05) is 12.2 Å². The van der Waals surface area contributed by atoms with Crippen LogP contribution in [0.4, 0.5) is 0 Å². The Bertz CT molecular complexity index is 524. The minimum Gasteiger partial charge on any atom is -0.851 e. The van der Waals surface area contributed by atoms with Crippen molar-refractivity contribution in [3.05, 3.63) is 48.1 Å². The van der Waals surface area contributed by atoms with Crippen molar-refractivity contribution in [3.8, 4) is 0 Å². The summed E-state index contributed by atoms with van der Waals surface area (Å²) in [5, 5.41) is 24.5. The molecule has 22 heavy (non-hydrogen) atoms. The van der Waals surface area contributed by atoms with Crippen LogP contribution in [0.15, 0.2) is 58.1 Å². The highest BCUT2D eigenvalue weighted by Gasteiger charge is 2.34. The van der Waals surface area contributed by atoms with Crippen LogP contribution in [-0.2, 0) is 0 Å². The van der Waals surface area contributed by atoms with Crippen molar-refractivity contribution in [1.82, 2.24) is 9.80 Å². The molecule has 0 amide bonds. The van der Waals surface area contributed by atoms with E-state index in [9.17, 15) is 10.2 Å². The maximum atomic E-state index is 12.3. The molecule has 0 spiro atoms. The van der Waals surface area contributed by atoms with Gasteiger partial charge < -0.3 is 20.0 Å². The van der Waals surface area contributed by atoms with E-state index in [0.717, 1.165) is 0 Å². The topological polar surface area (TPSA) is 77.3 Å². The maximum Gasteiger partial charge on any atom is 0.0949 e. The fourth-order valence-electron chi connectivity index (χ4n) is 2.58. The van der Waals surface area contributed by atoms with Crippen LogP contribution in [0.1, 0.15) is 0 Å². The molecule has 0 radical (unpaired) electrons. The largest absolute Gasteiger partial charge is 0.851 e. The third-order valence-electron chi connectivity index (χ3n) is 3.98. The molecule has 6 heteroatoms. The predicted octanol–water partition coefficient (Wildman–Crippen LogP) is -0.567. The second kappa shape index (κ2) is 5.90. The molecule has 0 bridgehead atoms. The zero-order valence-electron chi connectivity index (χ0n) is 12.5.